The van der Waals surface area contributed by atoms with E-state index in [1.807, 2.05) is 39.0 Å². The van der Waals surface area contributed by atoms with Crippen LogP contribution in [0.1, 0.15) is 46.5 Å². The van der Waals surface area contributed by atoms with Crippen molar-refractivity contribution in [2.75, 3.05) is 19.7 Å². The minimum atomic E-state index is -0.546. The van der Waals surface area contributed by atoms with Gasteiger partial charge in [0.05, 0.1) is 6.61 Å². The van der Waals surface area contributed by atoms with Crippen LogP contribution in [0.25, 0.3) is 10.8 Å². The van der Waals surface area contributed by atoms with Crippen LogP contribution in [-0.2, 0) is 0 Å². The van der Waals surface area contributed by atoms with Crippen LogP contribution in [0.2, 0.25) is 0 Å². The zero-order chi connectivity index (χ0) is 21.1. The lowest BCUT2D eigenvalue weighted by molar-refractivity contribution is 0.196. The number of carbonyl (C=O) groups excluding carboxylic acids is 2. The van der Waals surface area contributed by atoms with Gasteiger partial charge in [-0.3, -0.25) is 0 Å². The fourth-order valence-corrected chi connectivity index (χ4v) is 2.74. The average molecular weight is 402 g/mol. The molecule has 0 fully saturated rings. The molecule has 29 heavy (non-hydrogen) atoms. The fraction of sp³-hybridized carbons (Fsp3) is 0.455. The molecule has 7 heteroatoms. The third-order valence-corrected chi connectivity index (χ3v) is 4.22. The maximum atomic E-state index is 12.2. The molecule has 0 aromatic heterocycles. The summed E-state index contributed by atoms with van der Waals surface area (Å²) in [6.45, 7) is 7.38. The van der Waals surface area contributed by atoms with E-state index in [1.54, 1.807) is 12.1 Å². The zero-order valence-corrected chi connectivity index (χ0v) is 17.4. The third-order valence-electron chi connectivity index (χ3n) is 4.22. The van der Waals surface area contributed by atoms with Gasteiger partial charge in [0.15, 0.2) is 11.5 Å². The molecule has 0 aliphatic heterocycles. The summed E-state index contributed by atoms with van der Waals surface area (Å²) in [4.78, 5) is 24.4. The average Bonchev–Trinajstić information content (AvgIpc) is 2.71. The topological polar surface area (TPSA) is 85.9 Å². The van der Waals surface area contributed by atoms with E-state index in [9.17, 15) is 9.59 Å². The van der Waals surface area contributed by atoms with E-state index in [2.05, 4.69) is 10.6 Å². The van der Waals surface area contributed by atoms with Crippen molar-refractivity contribution < 1.29 is 23.8 Å². The highest BCUT2D eigenvalue weighted by Crippen LogP contribution is 2.41. The summed E-state index contributed by atoms with van der Waals surface area (Å²) in [6, 6.07) is 8.84. The molecule has 0 heterocycles. The van der Waals surface area contributed by atoms with Crippen molar-refractivity contribution in [2.24, 2.45) is 0 Å². The normalized spacial score (nSPS) is 10.4. The van der Waals surface area contributed by atoms with Gasteiger partial charge in [-0.15, -0.1) is 0 Å². The predicted octanol–water partition coefficient (Wildman–Crippen LogP) is 5.02. The first-order chi connectivity index (χ1) is 14.1. The molecule has 0 spiro atoms. The van der Waals surface area contributed by atoms with Crippen molar-refractivity contribution >= 4 is 23.0 Å². The van der Waals surface area contributed by atoms with Crippen molar-refractivity contribution in [3.8, 4) is 17.2 Å². The molecule has 0 aliphatic rings. The standard InChI is InChI=1S/C22H30N2O5/c1-4-7-13-23-21(25)28-18-15-19(27-6-3)20(17-12-10-9-11-16(17)18)29-22(26)24-14-8-5-2/h9-12,15H,4-8,13-14H2,1-3H3,(H,23,25)(H,24,26). The highest BCUT2D eigenvalue weighted by Gasteiger charge is 2.19. The Bertz CT molecular complexity index is 822. The van der Waals surface area contributed by atoms with E-state index >= 15 is 0 Å². The molecular formula is C22H30N2O5. The number of nitrogens with one attached hydrogen (secondary N) is 2. The van der Waals surface area contributed by atoms with Crippen LogP contribution in [-0.4, -0.2) is 31.9 Å². The number of amides is 2. The first-order valence-electron chi connectivity index (χ1n) is 10.2. The Morgan fingerprint density at radius 3 is 2.00 bits per heavy atom. The van der Waals surface area contributed by atoms with Gasteiger partial charge < -0.3 is 24.8 Å². The van der Waals surface area contributed by atoms with Crippen LogP contribution in [0.5, 0.6) is 17.2 Å². The smallest absolute Gasteiger partial charge is 0.412 e. The second-order valence-corrected chi connectivity index (χ2v) is 6.52. The first-order valence-corrected chi connectivity index (χ1v) is 10.2. The van der Waals surface area contributed by atoms with E-state index in [1.165, 1.54) is 0 Å². The van der Waals surface area contributed by atoms with Crippen LogP contribution in [0.15, 0.2) is 30.3 Å². The molecule has 0 saturated carbocycles. The van der Waals surface area contributed by atoms with E-state index in [-0.39, 0.29) is 0 Å². The first kappa shape index (κ1) is 22.3. The van der Waals surface area contributed by atoms with Crippen LogP contribution >= 0.6 is 0 Å². The van der Waals surface area contributed by atoms with Crippen LogP contribution in [0.4, 0.5) is 9.59 Å². The van der Waals surface area contributed by atoms with Gasteiger partial charge in [0.1, 0.15) is 5.75 Å². The Hall–Kier alpha value is -2.96. The molecule has 0 aliphatic carbocycles. The third kappa shape index (κ3) is 6.55. The number of carbonyl (C=O) groups is 2. The molecule has 2 aromatic rings. The van der Waals surface area contributed by atoms with Crippen LogP contribution in [0, 0.1) is 0 Å². The van der Waals surface area contributed by atoms with Gasteiger partial charge in [-0.2, -0.15) is 0 Å². The number of unbranched alkanes of at least 4 members (excludes halogenated alkanes) is 2. The summed E-state index contributed by atoms with van der Waals surface area (Å²) < 4.78 is 16.8. The minimum Gasteiger partial charge on any atom is -0.490 e. The highest BCUT2D eigenvalue weighted by molar-refractivity contribution is 5.98. The largest absolute Gasteiger partial charge is 0.490 e. The van der Waals surface area contributed by atoms with Crippen molar-refractivity contribution in [2.45, 2.75) is 46.5 Å². The summed E-state index contributed by atoms with van der Waals surface area (Å²) in [5, 5.41) is 6.73. The summed E-state index contributed by atoms with van der Waals surface area (Å²) in [6.07, 6.45) is 2.62. The Morgan fingerprint density at radius 1 is 0.828 bits per heavy atom. The highest BCUT2D eigenvalue weighted by atomic mass is 16.6. The van der Waals surface area contributed by atoms with E-state index in [4.69, 9.17) is 14.2 Å². The second kappa shape index (κ2) is 11.8. The summed E-state index contributed by atoms with van der Waals surface area (Å²) >= 11 is 0. The van der Waals surface area contributed by atoms with Gasteiger partial charge in [0.2, 0.25) is 0 Å². The number of hydrogen-bond acceptors (Lipinski definition) is 5. The minimum absolute atomic E-state index is 0.301. The van der Waals surface area contributed by atoms with E-state index < -0.39 is 12.2 Å². The number of benzene rings is 2. The van der Waals surface area contributed by atoms with Gasteiger partial charge in [-0.25, -0.2) is 9.59 Å². The number of ether oxygens (including phenoxy) is 3. The van der Waals surface area contributed by atoms with Gasteiger partial charge >= 0.3 is 12.2 Å². The number of fused-ring (bicyclic) bond motifs is 1. The van der Waals surface area contributed by atoms with Crippen molar-refractivity contribution in [1.29, 1.82) is 0 Å². The van der Waals surface area contributed by atoms with Crippen LogP contribution in [0.3, 0.4) is 0 Å². The Morgan fingerprint density at radius 2 is 1.41 bits per heavy atom. The molecule has 0 unspecified atom stereocenters. The Labute approximate surface area is 171 Å². The monoisotopic (exact) mass is 402 g/mol. The predicted molar refractivity (Wildman–Crippen MR) is 113 cm³/mol. The molecule has 2 rings (SSSR count). The number of hydrogen-bond donors (Lipinski definition) is 2. The summed E-state index contributed by atoms with van der Waals surface area (Å²) in [5.74, 6) is 0.986. The molecule has 0 radical (unpaired) electrons. The molecule has 2 aromatic carbocycles. The molecule has 158 valence electrons. The Balaban J connectivity index is 2.33. The van der Waals surface area contributed by atoms with Crippen molar-refractivity contribution in [3.05, 3.63) is 30.3 Å². The lowest BCUT2D eigenvalue weighted by atomic mass is 10.1. The fourth-order valence-electron chi connectivity index (χ4n) is 2.74. The Kier molecular flexibility index (Phi) is 9.08. The molecule has 0 bridgehead atoms. The van der Waals surface area contributed by atoms with Crippen LogP contribution < -0.4 is 24.8 Å². The van der Waals surface area contributed by atoms with Gasteiger partial charge in [-0.1, -0.05) is 51.0 Å². The zero-order valence-electron chi connectivity index (χ0n) is 17.4. The SMILES string of the molecule is CCCCNC(=O)Oc1cc(OCC)c(OC(=O)NCCCC)c2ccccc12. The number of rotatable bonds is 10. The van der Waals surface area contributed by atoms with E-state index in [0.717, 1.165) is 25.7 Å². The second-order valence-electron chi connectivity index (χ2n) is 6.52. The van der Waals surface area contributed by atoms with Crippen molar-refractivity contribution in [1.82, 2.24) is 10.6 Å². The maximum Gasteiger partial charge on any atom is 0.412 e. The molecule has 0 saturated heterocycles. The van der Waals surface area contributed by atoms with Crippen molar-refractivity contribution in [3.63, 3.8) is 0 Å². The van der Waals surface area contributed by atoms with Gasteiger partial charge in [0.25, 0.3) is 0 Å². The maximum absolute atomic E-state index is 12.2. The lowest BCUT2D eigenvalue weighted by Crippen LogP contribution is -2.28. The van der Waals surface area contributed by atoms with E-state index in [0.29, 0.717) is 47.7 Å². The molecule has 0 atom stereocenters. The summed E-state index contributed by atoms with van der Waals surface area (Å²) in [5.41, 5.74) is 0. The van der Waals surface area contributed by atoms with Gasteiger partial charge in [-0.05, 0) is 19.8 Å². The molecular weight excluding hydrogens is 372 g/mol. The summed E-state index contributed by atoms with van der Waals surface area (Å²) in [7, 11) is 0. The molecule has 2 N–H and O–H groups in total. The molecule has 7 nitrogen and oxygen atoms in total. The lowest BCUT2D eigenvalue weighted by Gasteiger charge is -2.16. The molecule has 2 amide bonds. The van der Waals surface area contributed by atoms with Gasteiger partial charge in [0, 0.05) is 29.9 Å². The quantitative estimate of drug-likeness (QED) is 0.545.